The fourth-order valence-electron chi connectivity index (χ4n) is 5.17. The van der Waals surface area contributed by atoms with Crippen LogP contribution < -0.4 is 5.43 Å². The minimum Gasteiger partial charge on any atom is -0.285 e. The molecular formula is C23H25N5O3S. The van der Waals surface area contributed by atoms with Crippen molar-refractivity contribution in [1.29, 1.82) is 5.26 Å². The lowest BCUT2D eigenvalue weighted by Crippen LogP contribution is -2.46. The van der Waals surface area contributed by atoms with E-state index in [2.05, 4.69) is 16.5 Å². The van der Waals surface area contributed by atoms with Gasteiger partial charge in [0.25, 0.3) is 5.91 Å². The lowest BCUT2D eigenvalue weighted by Gasteiger charge is -2.36. The van der Waals surface area contributed by atoms with E-state index >= 15 is 0 Å². The molecule has 3 heterocycles. The number of sulfone groups is 1. The topological polar surface area (TPSA) is 115 Å². The Morgan fingerprint density at radius 1 is 1.28 bits per heavy atom. The highest BCUT2D eigenvalue weighted by Crippen LogP contribution is 2.41. The van der Waals surface area contributed by atoms with Gasteiger partial charge >= 0.3 is 0 Å². The SMILES string of the molecule is CC1(C)Cc2cc(N=C3NN([C@H]4CCCC[C@@H]4C#N)C4=CC=NC(=O)C43)ccc2S1(=O)=O. The molecule has 8 nitrogen and oxygen atoms in total. The Kier molecular flexibility index (Phi) is 4.75. The predicted molar refractivity (Wildman–Crippen MR) is 120 cm³/mol. The summed E-state index contributed by atoms with van der Waals surface area (Å²) in [5.41, 5.74) is 5.38. The number of amides is 1. The molecule has 2 fully saturated rings. The molecule has 1 N–H and O–H groups in total. The molecule has 0 spiro atoms. The smallest absolute Gasteiger partial charge is 0.262 e. The van der Waals surface area contributed by atoms with Gasteiger partial charge in [0.15, 0.2) is 9.84 Å². The number of amidine groups is 1. The molecule has 1 aromatic carbocycles. The molecule has 1 saturated carbocycles. The van der Waals surface area contributed by atoms with Gasteiger partial charge in [-0.2, -0.15) is 5.26 Å². The van der Waals surface area contributed by atoms with Crippen molar-refractivity contribution in [3.63, 3.8) is 0 Å². The summed E-state index contributed by atoms with van der Waals surface area (Å²) < 4.78 is 24.6. The number of nitrogens with one attached hydrogen (secondary N) is 1. The number of hydrogen-bond donors (Lipinski definition) is 1. The van der Waals surface area contributed by atoms with Gasteiger partial charge in [0.05, 0.1) is 39.1 Å². The molecule has 0 aromatic heterocycles. The molecular weight excluding hydrogens is 426 g/mol. The van der Waals surface area contributed by atoms with Gasteiger partial charge in [-0.05, 0) is 62.9 Å². The number of allylic oxidation sites excluding steroid dienone is 1. The van der Waals surface area contributed by atoms with E-state index in [9.17, 15) is 18.5 Å². The van der Waals surface area contributed by atoms with Crippen LogP contribution >= 0.6 is 0 Å². The maximum atomic E-state index is 12.7. The van der Waals surface area contributed by atoms with Crippen molar-refractivity contribution in [3.05, 3.63) is 35.5 Å². The quantitative estimate of drug-likeness (QED) is 0.739. The second-order valence-electron chi connectivity index (χ2n) is 9.44. The predicted octanol–water partition coefficient (Wildman–Crippen LogP) is 2.84. The highest BCUT2D eigenvalue weighted by atomic mass is 32.2. The van der Waals surface area contributed by atoms with Crippen LogP contribution in [0.1, 0.15) is 45.1 Å². The van der Waals surface area contributed by atoms with Gasteiger partial charge in [-0.1, -0.05) is 12.8 Å². The third-order valence-electron chi connectivity index (χ3n) is 6.93. The van der Waals surface area contributed by atoms with E-state index < -0.39 is 20.5 Å². The summed E-state index contributed by atoms with van der Waals surface area (Å²) in [6.45, 7) is 3.46. The average Bonchev–Trinajstić information content (AvgIpc) is 3.20. The Morgan fingerprint density at radius 2 is 2.06 bits per heavy atom. The van der Waals surface area contributed by atoms with Crippen LogP contribution in [-0.4, -0.2) is 42.2 Å². The Balaban J connectivity index is 1.52. The average molecular weight is 452 g/mol. The van der Waals surface area contributed by atoms with E-state index in [1.165, 1.54) is 6.21 Å². The van der Waals surface area contributed by atoms with Crippen LogP contribution in [0.4, 0.5) is 5.69 Å². The monoisotopic (exact) mass is 451 g/mol. The van der Waals surface area contributed by atoms with E-state index in [-0.39, 0.29) is 17.9 Å². The standard InChI is InChI=1S/C23H25N5O3S/c1-23(2)12-15-11-16(7-8-19(15)32(23,30)31)26-21-20-18(9-10-25-22(20)29)28(27-21)17-6-4-3-5-14(17)13-24/h7-11,14,17,20H,3-6,12H2,1-2H3,(H,26,27)/t14-,17+,20?/m1/s1. The van der Waals surface area contributed by atoms with Gasteiger partial charge in [0, 0.05) is 6.21 Å². The highest BCUT2D eigenvalue weighted by molar-refractivity contribution is 7.93. The first-order valence-corrected chi connectivity index (χ1v) is 12.4. The van der Waals surface area contributed by atoms with Gasteiger partial charge in [0.1, 0.15) is 11.8 Å². The summed E-state index contributed by atoms with van der Waals surface area (Å²) in [4.78, 5) is 21.7. The molecule has 5 rings (SSSR count). The zero-order valence-corrected chi connectivity index (χ0v) is 18.9. The van der Waals surface area contributed by atoms with Gasteiger partial charge in [0.2, 0.25) is 0 Å². The fourth-order valence-corrected chi connectivity index (χ4v) is 6.84. The van der Waals surface area contributed by atoms with Gasteiger partial charge in [-0.15, -0.1) is 0 Å². The maximum absolute atomic E-state index is 12.7. The van der Waals surface area contributed by atoms with Crippen molar-refractivity contribution in [2.24, 2.45) is 21.8 Å². The molecule has 9 heteroatoms. The number of rotatable bonds is 2. The largest absolute Gasteiger partial charge is 0.285 e. The molecule has 1 aromatic rings. The lowest BCUT2D eigenvalue weighted by atomic mass is 9.84. The van der Waals surface area contributed by atoms with E-state index in [0.29, 0.717) is 22.8 Å². The first kappa shape index (κ1) is 20.9. The number of dihydropyridines is 1. The van der Waals surface area contributed by atoms with Crippen LogP contribution in [-0.2, 0) is 21.1 Å². The molecule has 3 atom stereocenters. The fraction of sp³-hybridized carbons (Fsp3) is 0.478. The van der Waals surface area contributed by atoms with Crippen LogP contribution in [0.25, 0.3) is 0 Å². The van der Waals surface area contributed by atoms with Crippen LogP contribution in [0.5, 0.6) is 0 Å². The number of hydrogen-bond acceptors (Lipinski definition) is 6. The van der Waals surface area contributed by atoms with E-state index in [0.717, 1.165) is 36.9 Å². The van der Waals surface area contributed by atoms with Gasteiger partial charge in [-0.3, -0.25) is 15.2 Å². The van der Waals surface area contributed by atoms with Crippen LogP contribution in [0.15, 0.2) is 44.9 Å². The summed E-state index contributed by atoms with van der Waals surface area (Å²) in [5, 5.41) is 11.6. The van der Waals surface area contributed by atoms with Crippen LogP contribution in [0, 0.1) is 23.2 Å². The number of fused-ring (bicyclic) bond motifs is 2. The van der Waals surface area contributed by atoms with Crippen molar-refractivity contribution in [2.75, 3.05) is 0 Å². The number of nitriles is 1. The van der Waals surface area contributed by atoms with E-state index in [1.54, 1.807) is 32.0 Å². The summed E-state index contributed by atoms with van der Waals surface area (Å²) in [6.07, 6.45) is 7.48. The van der Waals surface area contributed by atoms with Crippen molar-refractivity contribution in [2.45, 2.75) is 61.6 Å². The number of hydrazine groups is 1. The lowest BCUT2D eigenvalue weighted by molar-refractivity contribution is -0.119. The Morgan fingerprint density at radius 3 is 2.84 bits per heavy atom. The first-order chi connectivity index (χ1) is 15.2. The molecule has 1 amide bonds. The molecule has 0 radical (unpaired) electrons. The van der Waals surface area contributed by atoms with Crippen molar-refractivity contribution in [3.8, 4) is 6.07 Å². The number of nitrogens with zero attached hydrogens (tertiary/aromatic N) is 4. The Bertz CT molecular complexity index is 1240. The summed E-state index contributed by atoms with van der Waals surface area (Å²) in [7, 11) is -3.37. The summed E-state index contributed by atoms with van der Waals surface area (Å²) in [5.74, 6) is -0.612. The second kappa shape index (κ2) is 7.27. The molecule has 1 saturated heterocycles. The molecule has 166 valence electrons. The third-order valence-corrected chi connectivity index (χ3v) is 9.51. The molecule has 1 unspecified atom stereocenters. The third kappa shape index (κ3) is 3.08. The Hall–Kier alpha value is -2.99. The van der Waals surface area contributed by atoms with Gasteiger partial charge < -0.3 is 0 Å². The molecule has 3 aliphatic heterocycles. The summed E-state index contributed by atoms with van der Waals surface area (Å²) in [6, 6.07) is 7.45. The number of carbonyl (C=O) groups is 1. The Labute approximate surface area is 187 Å². The van der Waals surface area contributed by atoms with Crippen molar-refractivity contribution >= 4 is 33.5 Å². The normalized spacial score (nSPS) is 31.0. The van der Waals surface area contributed by atoms with Crippen molar-refractivity contribution < 1.29 is 13.2 Å². The number of carbonyl (C=O) groups excluding carboxylic acids is 1. The maximum Gasteiger partial charge on any atom is 0.262 e. The van der Waals surface area contributed by atoms with Crippen LogP contribution in [0.3, 0.4) is 0 Å². The molecule has 4 aliphatic rings. The zero-order valence-electron chi connectivity index (χ0n) is 18.1. The highest BCUT2D eigenvalue weighted by Gasteiger charge is 2.46. The minimum atomic E-state index is -3.37. The zero-order chi connectivity index (χ0) is 22.7. The van der Waals surface area contributed by atoms with Crippen LogP contribution in [0.2, 0.25) is 0 Å². The molecule has 0 bridgehead atoms. The first-order valence-electron chi connectivity index (χ1n) is 10.9. The second-order valence-corrected chi connectivity index (χ2v) is 12.0. The number of aliphatic imine (C=N–C) groups is 2. The number of benzene rings is 1. The van der Waals surface area contributed by atoms with E-state index in [1.807, 2.05) is 11.1 Å². The molecule has 1 aliphatic carbocycles. The van der Waals surface area contributed by atoms with Gasteiger partial charge in [-0.25, -0.2) is 18.4 Å². The summed E-state index contributed by atoms with van der Waals surface area (Å²) >= 11 is 0. The van der Waals surface area contributed by atoms with Crippen molar-refractivity contribution in [1.82, 2.24) is 10.4 Å². The van der Waals surface area contributed by atoms with E-state index in [4.69, 9.17) is 4.99 Å². The minimum absolute atomic E-state index is 0.0412. The molecule has 32 heavy (non-hydrogen) atoms.